The summed E-state index contributed by atoms with van der Waals surface area (Å²) in [6, 6.07) is 5.63. The van der Waals surface area contributed by atoms with Crippen LogP contribution in [0.5, 0.6) is 11.5 Å². The number of Topliss-reactive ketones (excluding diaryl/α,β-unsaturated/α-hetero) is 1. The first-order valence-electron chi connectivity index (χ1n) is 9.99. The summed E-state index contributed by atoms with van der Waals surface area (Å²) in [5, 5.41) is 3.04. The zero-order chi connectivity index (χ0) is 17.7. The van der Waals surface area contributed by atoms with E-state index in [1.807, 2.05) is 18.2 Å². The maximum atomic E-state index is 12.8. The topological polar surface area (TPSA) is 64.6 Å². The summed E-state index contributed by atoms with van der Waals surface area (Å²) in [7, 11) is 0. The molecule has 1 spiro atoms. The largest absolute Gasteiger partial charge is 0.448 e. The smallest absolute Gasteiger partial charge is 0.251 e. The van der Waals surface area contributed by atoms with Crippen LogP contribution in [0.4, 0.5) is 5.69 Å². The summed E-state index contributed by atoms with van der Waals surface area (Å²) in [6.45, 7) is 0. The molecule has 1 aromatic carbocycles. The lowest BCUT2D eigenvalue weighted by Crippen LogP contribution is -2.40. The maximum Gasteiger partial charge on any atom is 0.251 e. The highest BCUT2D eigenvalue weighted by atomic mass is 16.7. The van der Waals surface area contributed by atoms with Gasteiger partial charge in [-0.2, -0.15) is 0 Å². The van der Waals surface area contributed by atoms with Crippen LogP contribution in [0.25, 0.3) is 0 Å². The van der Waals surface area contributed by atoms with Gasteiger partial charge in [0.1, 0.15) is 5.78 Å². The fraction of sp³-hybridized carbons (Fsp3) is 0.619. The Balaban J connectivity index is 1.27. The molecule has 26 heavy (non-hydrogen) atoms. The number of fused-ring (bicyclic) bond motifs is 3. The Bertz CT molecular complexity index is 736. The van der Waals surface area contributed by atoms with Gasteiger partial charge in [-0.3, -0.25) is 9.59 Å². The zero-order valence-electron chi connectivity index (χ0n) is 15.0. The Morgan fingerprint density at radius 1 is 1.00 bits per heavy atom. The molecule has 138 valence electrons. The van der Waals surface area contributed by atoms with Crippen LogP contribution in [0.1, 0.15) is 57.8 Å². The Kier molecular flexibility index (Phi) is 3.73. The number of anilines is 1. The first-order chi connectivity index (χ1) is 12.6. The normalized spacial score (nSPS) is 31.2. The second-order valence-electron chi connectivity index (χ2n) is 8.37. The van der Waals surface area contributed by atoms with Gasteiger partial charge in [0.05, 0.1) is 0 Å². The third-order valence-corrected chi connectivity index (χ3v) is 6.59. The second-order valence-corrected chi connectivity index (χ2v) is 8.37. The van der Waals surface area contributed by atoms with Gasteiger partial charge in [-0.15, -0.1) is 0 Å². The van der Waals surface area contributed by atoms with E-state index in [1.165, 1.54) is 0 Å². The molecule has 1 aliphatic heterocycles. The van der Waals surface area contributed by atoms with E-state index in [4.69, 9.17) is 9.47 Å². The van der Waals surface area contributed by atoms with Crippen molar-refractivity contribution in [2.24, 2.45) is 17.8 Å². The van der Waals surface area contributed by atoms with Crippen molar-refractivity contribution in [1.29, 1.82) is 0 Å². The molecule has 4 aliphatic rings. The van der Waals surface area contributed by atoms with Crippen LogP contribution in [0.15, 0.2) is 18.2 Å². The summed E-state index contributed by atoms with van der Waals surface area (Å²) >= 11 is 0. The molecule has 1 heterocycles. The summed E-state index contributed by atoms with van der Waals surface area (Å²) < 4.78 is 12.1. The molecule has 2 bridgehead atoms. The van der Waals surface area contributed by atoms with E-state index in [0.717, 1.165) is 62.1 Å². The number of carbonyl (C=O) groups is 2. The number of ether oxygens (including phenoxy) is 2. The lowest BCUT2D eigenvalue weighted by atomic mass is 9.67. The Hall–Kier alpha value is -2.04. The summed E-state index contributed by atoms with van der Waals surface area (Å²) in [5.41, 5.74) is 0.745. The van der Waals surface area contributed by atoms with Crippen molar-refractivity contribution in [3.05, 3.63) is 18.2 Å². The number of amides is 1. The molecule has 1 aromatic rings. The van der Waals surface area contributed by atoms with Crippen molar-refractivity contribution in [2.75, 3.05) is 5.32 Å². The average Bonchev–Trinajstić information content (AvgIpc) is 3.20. The third kappa shape index (κ3) is 2.68. The standard InChI is InChI=1S/C21H25NO4/c23-19-13-4-3-5-14(19)11-15(10-13)20(24)22-16-6-7-17-18(12-16)26-21(25-17)8-1-2-9-21/h6-7,12-15H,1-5,8-11H2,(H,22,24). The van der Waals surface area contributed by atoms with Crippen LogP contribution < -0.4 is 14.8 Å². The molecule has 0 radical (unpaired) electrons. The molecule has 2 atom stereocenters. The van der Waals surface area contributed by atoms with Crippen LogP contribution in [0.3, 0.4) is 0 Å². The van der Waals surface area contributed by atoms with Crippen LogP contribution in [0, 0.1) is 17.8 Å². The van der Waals surface area contributed by atoms with Crippen molar-refractivity contribution < 1.29 is 19.1 Å². The minimum Gasteiger partial charge on any atom is -0.448 e. The zero-order valence-corrected chi connectivity index (χ0v) is 15.0. The molecule has 1 amide bonds. The molecule has 3 aliphatic carbocycles. The monoisotopic (exact) mass is 355 g/mol. The Morgan fingerprint density at radius 2 is 1.69 bits per heavy atom. The minimum absolute atomic E-state index is 0.0313. The highest BCUT2D eigenvalue weighted by molar-refractivity contribution is 5.95. The van der Waals surface area contributed by atoms with Crippen LogP contribution >= 0.6 is 0 Å². The van der Waals surface area contributed by atoms with Crippen LogP contribution in [-0.2, 0) is 9.59 Å². The molecule has 5 rings (SSSR count). The van der Waals surface area contributed by atoms with Gasteiger partial charge in [0.25, 0.3) is 5.79 Å². The molecular formula is C21H25NO4. The number of carbonyl (C=O) groups excluding carboxylic acids is 2. The summed E-state index contributed by atoms with van der Waals surface area (Å²) in [6.07, 6.45) is 8.52. The number of nitrogens with one attached hydrogen (secondary N) is 1. The lowest BCUT2D eigenvalue weighted by molar-refractivity contribution is -0.136. The highest BCUT2D eigenvalue weighted by Gasteiger charge is 2.44. The van der Waals surface area contributed by atoms with Gasteiger partial charge >= 0.3 is 0 Å². The molecule has 0 aromatic heterocycles. The SMILES string of the molecule is O=C(Nc1ccc2c(c1)OC1(CCCC1)O2)C1CC2CCCC(C1)C2=O. The van der Waals surface area contributed by atoms with E-state index in [-0.39, 0.29) is 23.7 Å². The van der Waals surface area contributed by atoms with Crippen molar-refractivity contribution >= 4 is 17.4 Å². The van der Waals surface area contributed by atoms with Crippen molar-refractivity contribution in [3.8, 4) is 11.5 Å². The molecule has 0 saturated heterocycles. The van der Waals surface area contributed by atoms with E-state index in [1.54, 1.807) is 0 Å². The number of hydrogen-bond acceptors (Lipinski definition) is 4. The summed E-state index contributed by atoms with van der Waals surface area (Å²) in [4.78, 5) is 25.0. The van der Waals surface area contributed by atoms with Gasteiger partial charge in [0.15, 0.2) is 11.5 Å². The Labute approximate surface area is 153 Å². The molecule has 3 saturated carbocycles. The van der Waals surface area contributed by atoms with Gasteiger partial charge in [-0.1, -0.05) is 6.42 Å². The van der Waals surface area contributed by atoms with Gasteiger partial charge < -0.3 is 14.8 Å². The van der Waals surface area contributed by atoms with Crippen LogP contribution in [0.2, 0.25) is 0 Å². The molecule has 2 unspecified atom stereocenters. The fourth-order valence-electron chi connectivity index (χ4n) is 5.23. The number of ketones is 1. The molecule has 5 heteroatoms. The van der Waals surface area contributed by atoms with E-state index < -0.39 is 5.79 Å². The van der Waals surface area contributed by atoms with Crippen LogP contribution in [-0.4, -0.2) is 17.5 Å². The highest BCUT2D eigenvalue weighted by Crippen LogP contribution is 2.47. The summed E-state index contributed by atoms with van der Waals surface area (Å²) in [5.74, 6) is 1.56. The van der Waals surface area contributed by atoms with Crippen molar-refractivity contribution in [3.63, 3.8) is 0 Å². The van der Waals surface area contributed by atoms with E-state index in [9.17, 15) is 9.59 Å². The van der Waals surface area contributed by atoms with Gasteiger partial charge in [-0.05, 0) is 50.7 Å². The second kappa shape index (κ2) is 6.00. The van der Waals surface area contributed by atoms with Gasteiger partial charge in [0, 0.05) is 42.3 Å². The number of rotatable bonds is 2. The predicted octanol–water partition coefficient (Wildman–Crippen LogP) is 4.06. The fourth-order valence-corrected chi connectivity index (χ4v) is 5.23. The van der Waals surface area contributed by atoms with E-state index >= 15 is 0 Å². The van der Waals surface area contributed by atoms with E-state index in [0.29, 0.717) is 18.6 Å². The van der Waals surface area contributed by atoms with Crippen molar-refractivity contribution in [1.82, 2.24) is 0 Å². The molecule has 5 nitrogen and oxygen atoms in total. The predicted molar refractivity (Wildman–Crippen MR) is 96.1 cm³/mol. The average molecular weight is 355 g/mol. The first kappa shape index (κ1) is 16.2. The third-order valence-electron chi connectivity index (χ3n) is 6.59. The van der Waals surface area contributed by atoms with Gasteiger partial charge in [-0.25, -0.2) is 0 Å². The first-order valence-corrected chi connectivity index (χ1v) is 9.99. The maximum absolute atomic E-state index is 12.8. The number of benzene rings is 1. The lowest BCUT2D eigenvalue weighted by Gasteiger charge is -2.36. The molecular weight excluding hydrogens is 330 g/mol. The van der Waals surface area contributed by atoms with Gasteiger partial charge in [0.2, 0.25) is 5.91 Å². The quantitative estimate of drug-likeness (QED) is 0.869. The Morgan fingerprint density at radius 3 is 2.42 bits per heavy atom. The van der Waals surface area contributed by atoms with Crippen molar-refractivity contribution in [2.45, 2.75) is 63.6 Å². The van der Waals surface area contributed by atoms with E-state index in [2.05, 4.69) is 5.32 Å². The molecule has 3 fully saturated rings. The number of hydrogen-bond donors (Lipinski definition) is 1. The molecule has 1 N–H and O–H groups in total. The minimum atomic E-state index is -0.480.